The zero-order valence-electron chi connectivity index (χ0n) is 18.8. The number of hydrogen-bond donors (Lipinski definition) is 4. The number of aryl methyl sites for hydroxylation is 1. The lowest BCUT2D eigenvalue weighted by Crippen LogP contribution is -2.47. The van der Waals surface area contributed by atoms with Crippen molar-refractivity contribution in [2.75, 3.05) is 14.2 Å². The number of aliphatic hydroxyl groups is 2. The Morgan fingerprint density at radius 1 is 1.29 bits per heavy atom. The molecule has 1 aromatic carbocycles. The summed E-state index contributed by atoms with van der Waals surface area (Å²) in [4.78, 5) is 24.3. The number of nitrogens with one attached hydrogen (secondary N) is 1. The van der Waals surface area contributed by atoms with E-state index in [9.17, 15) is 14.1 Å². The molecule has 1 aromatic heterocycles. The third-order valence-electron chi connectivity index (χ3n) is 4.89. The van der Waals surface area contributed by atoms with Crippen molar-refractivity contribution in [3.8, 4) is 5.75 Å². The molecule has 2 aliphatic rings. The molecule has 0 aliphatic carbocycles. The normalized spacial score (nSPS) is 23.5. The van der Waals surface area contributed by atoms with Crippen molar-refractivity contribution in [1.82, 2.24) is 9.55 Å². The zero-order valence-corrected chi connectivity index (χ0v) is 20.5. The number of aromatic amines is 1. The van der Waals surface area contributed by atoms with Crippen LogP contribution in [0.25, 0.3) is 0 Å². The third kappa shape index (κ3) is 6.32. The molecule has 2 aromatic rings. The van der Waals surface area contributed by atoms with Gasteiger partial charge in [0.05, 0.1) is 17.7 Å². The van der Waals surface area contributed by atoms with E-state index in [-0.39, 0.29) is 11.4 Å². The van der Waals surface area contributed by atoms with Crippen LogP contribution >= 0.6 is 20.4 Å². The predicted octanol–water partition coefficient (Wildman–Crippen LogP) is 1.53. The molecule has 3 heterocycles. The van der Waals surface area contributed by atoms with Crippen molar-refractivity contribution in [1.29, 1.82) is 0 Å². The number of aliphatic hydroxyl groups excluding tert-OH is 2. The fraction of sp³-hybridized carbons (Fsp3) is 0.474. The van der Waals surface area contributed by atoms with Gasteiger partial charge in [-0.2, -0.15) is 13.8 Å². The first-order valence-corrected chi connectivity index (χ1v) is 11.9. The van der Waals surface area contributed by atoms with E-state index < -0.39 is 37.3 Å². The fourth-order valence-corrected chi connectivity index (χ4v) is 5.10. The van der Waals surface area contributed by atoms with Crippen molar-refractivity contribution in [2.45, 2.75) is 44.1 Å². The van der Waals surface area contributed by atoms with Crippen LogP contribution in [0.4, 0.5) is 4.39 Å². The number of ether oxygens (including phenoxy) is 1. The fourth-order valence-electron chi connectivity index (χ4n) is 3.38. The average molecular weight is 513 g/mol. The molecule has 4 rings (SSSR count). The standard InChI is InChI=1S/C17H16B2FN2O6PS.2CH4O/c1-9-3-2-4-10-8-25-29(24,27-14(9)10)28-17(18,19)12-5-6-13(26-12)22-7-11(20)15(23)21-16(22)30;2*1-2/h2-4,7,12-13,24H,5-6,8H2,1H3;2*2H,1H3/p+1. The molecule has 4 N–H and O–H groups in total. The summed E-state index contributed by atoms with van der Waals surface area (Å²) in [6.45, 7) is 1.89. The first-order chi connectivity index (χ1) is 16.1. The van der Waals surface area contributed by atoms with Crippen LogP contribution in [0.15, 0.2) is 29.2 Å². The number of benzene rings is 1. The van der Waals surface area contributed by atoms with Crippen molar-refractivity contribution in [2.24, 2.45) is 0 Å². The molecule has 1 saturated heterocycles. The summed E-state index contributed by atoms with van der Waals surface area (Å²) in [5.74, 6) is -0.549. The zero-order chi connectivity index (χ0) is 25.7. The quantitative estimate of drug-likeness (QED) is 0.273. The Morgan fingerprint density at radius 3 is 2.65 bits per heavy atom. The first-order valence-electron chi connectivity index (χ1n) is 9.97. The number of fused-ring (bicyclic) bond motifs is 1. The second-order valence-electron chi connectivity index (χ2n) is 7.14. The van der Waals surface area contributed by atoms with Crippen LogP contribution in [0.2, 0.25) is 0 Å². The van der Waals surface area contributed by atoms with Gasteiger partial charge in [0, 0.05) is 19.8 Å². The summed E-state index contributed by atoms with van der Waals surface area (Å²) < 4.78 is 37.2. The van der Waals surface area contributed by atoms with Gasteiger partial charge in [-0.05, 0) is 37.5 Å². The number of hydrogen-bond acceptors (Lipinski definition) is 9. The third-order valence-corrected chi connectivity index (χ3v) is 6.62. The number of para-hydroxylation sites is 1. The largest absolute Gasteiger partial charge is 0.618 e. The summed E-state index contributed by atoms with van der Waals surface area (Å²) in [5, 5.41) is 12.0. The molecule has 0 spiro atoms. The van der Waals surface area contributed by atoms with E-state index in [4.69, 9.17) is 56.4 Å². The minimum Gasteiger partial charge on any atom is -0.400 e. The highest BCUT2D eigenvalue weighted by Crippen LogP contribution is 2.64. The second kappa shape index (κ2) is 11.9. The van der Waals surface area contributed by atoms with E-state index in [1.54, 1.807) is 0 Å². The Morgan fingerprint density at radius 2 is 1.97 bits per heavy atom. The molecule has 4 radical (unpaired) electrons. The van der Waals surface area contributed by atoms with Crippen LogP contribution in [0, 0.1) is 17.5 Å². The van der Waals surface area contributed by atoms with E-state index >= 15 is 0 Å². The molecule has 0 amide bonds. The number of H-pyrrole nitrogens is 1. The molecule has 10 nitrogen and oxygen atoms in total. The van der Waals surface area contributed by atoms with Crippen LogP contribution in [0.3, 0.4) is 0 Å². The lowest BCUT2D eigenvalue weighted by atomic mass is 9.61. The minimum absolute atomic E-state index is 0.00947. The molecule has 34 heavy (non-hydrogen) atoms. The van der Waals surface area contributed by atoms with E-state index in [0.717, 1.165) is 31.5 Å². The summed E-state index contributed by atoms with van der Waals surface area (Å²) >= 11 is 5.06. The van der Waals surface area contributed by atoms with Gasteiger partial charge in [-0.1, -0.05) is 18.2 Å². The predicted molar refractivity (Wildman–Crippen MR) is 126 cm³/mol. The Labute approximate surface area is 204 Å². The smallest absolute Gasteiger partial charge is 0.400 e. The van der Waals surface area contributed by atoms with Crippen molar-refractivity contribution in [3.05, 3.63) is 56.5 Å². The van der Waals surface area contributed by atoms with Gasteiger partial charge in [0.1, 0.15) is 28.5 Å². The highest BCUT2D eigenvalue weighted by atomic mass is 32.1. The van der Waals surface area contributed by atoms with Crippen LogP contribution in [0.5, 0.6) is 5.75 Å². The minimum atomic E-state index is -3.88. The summed E-state index contributed by atoms with van der Waals surface area (Å²) in [5.41, 5.74) is 0.633. The molecule has 182 valence electrons. The molecule has 0 saturated carbocycles. The number of rotatable bonds is 4. The van der Waals surface area contributed by atoms with E-state index in [1.807, 2.05) is 25.1 Å². The average Bonchev–Trinajstić information content (AvgIpc) is 3.30. The molecule has 0 bridgehead atoms. The van der Waals surface area contributed by atoms with Gasteiger partial charge in [0.25, 0.3) is 5.56 Å². The summed E-state index contributed by atoms with van der Waals surface area (Å²) in [7, 11) is 10.3. The van der Waals surface area contributed by atoms with Gasteiger partial charge in [0.2, 0.25) is 5.82 Å². The van der Waals surface area contributed by atoms with Gasteiger partial charge in [-0.25, -0.2) is 0 Å². The molecular weight excluding hydrogens is 488 g/mol. The molecule has 3 unspecified atom stereocenters. The second-order valence-corrected chi connectivity index (χ2v) is 9.09. The van der Waals surface area contributed by atoms with Crippen LogP contribution in [-0.4, -0.2) is 66.1 Å². The highest BCUT2D eigenvalue weighted by Gasteiger charge is 2.56. The van der Waals surface area contributed by atoms with Gasteiger partial charge in [-0.15, -0.1) is 4.52 Å². The van der Waals surface area contributed by atoms with Crippen LogP contribution in [0.1, 0.15) is 30.2 Å². The molecule has 1 fully saturated rings. The number of aromatic nitrogens is 2. The van der Waals surface area contributed by atoms with E-state index in [2.05, 4.69) is 4.98 Å². The van der Waals surface area contributed by atoms with Gasteiger partial charge in [-0.3, -0.25) is 18.9 Å². The van der Waals surface area contributed by atoms with Crippen molar-refractivity contribution >= 4 is 36.1 Å². The van der Waals surface area contributed by atoms with Gasteiger partial charge in [0.15, 0.2) is 10.5 Å². The number of halogens is 1. The topological polar surface area (TPSA) is 135 Å². The Hall–Kier alpha value is -1.63. The van der Waals surface area contributed by atoms with Crippen molar-refractivity contribution < 1.29 is 37.8 Å². The molecule has 3 atom stereocenters. The van der Waals surface area contributed by atoms with Crippen molar-refractivity contribution in [3.63, 3.8) is 0 Å². The van der Waals surface area contributed by atoms with E-state index in [1.165, 1.54) is 4.57 Å². The maximum Gasteiger partial charge on any atom is 0.618 e. The summed E-state index contributed by atoms with van der Waals surface area (Å²) in [6, 6.07) is 5.48. The highest BCUT2D eigenvalue weighted by molar-refractivity contribution is 7.71. The molecule has 2 aliphatic heterocycles. The van der Waals surface area contributed by atoms with Crippen LogP contribution in [-0.2, 0) is 20.4 Å². The SMILES string of the molecule is CO.CO.[B]C([B])(O[P+]1(O)OCc2cccc(C)c2O1)C1CCC(n2cc(F)c(=O)[nH]c2=S)O1. The van der Waals surface area contributed by atoms with Gasteiger partial charge < -0.3 is 14.9 Å². The van der Waals surface area contributed by atoms with E-state index in [0.29, 0.717) is 18.6 Å². The maximum atomic E-state index is 13.7. The molecular formula is C19H25B2FN2O8PS+. The summed E-state index contributed by atoms with van der Waals surface area (Å²) in [6.07, 6.45) is 0.0134. The lowest BCUT2D eigenvalue weighted by Gasteiger charge is -2.33. The monoisotopic (exact) mass is 513 g/mol. The van der Waals surface area contributed by atoms with Crippen LogP contribution < -0.4 is 10.1 Å². The first kappa shape index (κ1) is 28.6. The maximum absolute atomic E-state index is 13.7. The Balaban J connectivity index is 0.000000970. The number of nitrogens with zero attached hydrogens (tertiary/aromatic N) is 1. The Kier molecular flexibility index (Phi) is 9.99. The van der Waals surface area contributed by atoms with Gasteiger partial charge >= 0.3 is 8.17 Å². The Bertz CT molecular complexity index is 1100. The lowest BCUT2D eigenvalue weighted by molar-refractivity contribution is -0.0557. The molecule has 15 heteroatoms.